The third kappa shape index (κ3) is 6.57. The van der Waals surface area contributed by atoms with Crippen LogP contribution in [0.5, 0.6) is 5.75 Å². The van der Waals surface area contributed by atoms with Crippen LogP contribution in [-0.2, 0) is 19.4 Å². The predicted octanol–water partition coefficient (Wildman–Crippen LogP) is 0.265. The molecule has 1 atom stereocenters. The van der Waals surface area contributed by atoms with Crippen molar-refractivity contribution in [3.8, 4) is 5.75 Å². The van der Waals surface area contributed by atoms with Crippen molar-refractivity contribution in [1.29, 1.82) is 0 Å². The maximum Gasteiger partial charge on any atom is 0.239 e. The van der Waals surface area contributed by atoms with Crippen molar-refractivity contribution in [2.75, 3.05) is 24.7 Å². The minimum Gasteiger partial charge on any atom is -0.494 e. The van der Waals surface area contributed by atoms with Gasteiger partial charge < -0.3 is 15.4 Å². The quantitative estimate of drug-likeness (QED) is 0.652. The van der Waals surface area contributed by atoms with E-state index in [0.717, 1.165) is 5.75 Å². The normalized spacial score (nSPS) is 18.8. The van der Waals surface area contributed by atoms with Gasteiger partial charge in [0.15, 0.2) is 9.84 Å². The van der Waals surface area contributed by atoms with Crippen molar-refractivity contribution in [3.63, 3.8) is 0 Å². The minimum atomic E-state index is -3.03. The van der Waals surface area contributed by atoms with Crippen LogP contribution in [0.2, 0.25) is 0 Å². The van der Waals surface area contributed by atoms with Gasteiger partial charge in [-0.1, -0.05) is 18.2 Å². The number of rotatable bonds is 8. The third-order valence-corrected chi connectivity index (χ3v) is 5.37. The average Bonchev–Trinajstić information content (AvgIpc) is 2.89. The molecule has 0 saturated carbocycles. The number of carbonyl (C=O) groups is 2. The summed E-state index contributed by atoms with van der Waals surface area (Å²) >= 11 is 0. The van der Waals surface area contributed by atoms with E-state index in [2.05, 4.69) is 10.6 Å². The zero-order chi connectivity index (χ0) is 17.4. The number of hydrogen-bond acceptors (Lipinski definition) is 5. The Morgan fingerprint density at radius 3 is 2.58 bits per heavy atom. The lowest BCUT2D eigenvalue weighted by atomic mass is 10.2. The molecule has 1 heterocycles. The number of sulfone groups is 1. The molecule has 0 radical (unpaired) electrons. The first-order valence-electron chi connectivity index (χ1n) is 7.89. The van der Waals surface area contributed by atoms with Crippen molar-refractivity contribution in [1.82, 2.24) is 10.6 Å². The molecule has 1 aromatic rings. The highest BCUT2D eigenvalue weighted by atomic mass is 32.2. The van der Waals surface area contributed by atoms with Crippen LogP contribution in [0, 0.1) is 0 Å². The number of carbonyl (C=O) groups excluding carboxylic acids is 2. The molecule has 0 bridgehead atoms. The molecule has 0 spiro atoms. The van der Waals surface area contributed by atoms with E-state index in [1.54, 1.807) is 0 Å². The van der Waals surface area contributed by atoms with E-state index in [9.17, 15) is 18.0 Å². The SMILES string of the molecule is O=C(CCCOc1ccccc1)NCC(=O)NC1CCS(=O)(=O)C1. The average molecular weight is 354 g/mol. The Bertz CT molecular complexity index is 660. The van der Waals surface area contributed by atoms with Crippen LogP contribution in [0.25, 0.3) is 0 Å². The van der Waals surface area contributed by atoms with Gasteiger partial charge in [0.2, 0.25) is 11.8 Å². The molecule has 0 aliphatic carbocycles. The summed E-state index contributed by atoms with van der Waals surface area (Å²) in [7, 11) is -3.03. The molecule has 0 aromatic heterocycles. The molecule has 1 unspecified atom stereocenters. The van der Waals surface area contributed by atoms with E-state index in [0.29, 0.717) is 19.4 Å². The Labute approximate surface area is 141 Å². The van der Waals surface area contributed by atoms with E-state index in [4.69, 9.17) is 4.74 Å². The largest absolute Gasteiger partial charge is 0.494 e. The molecular weight excluding hydrogens is 332 g/mol. The van der Waals surface area contributed by atoms with Crippen molar-refractivity contribution in [3.05, 3.63) is 30.3 Å². The van der Waals surface area contributed by atoms with Crippen molar-refractivity contribution in [2.45, 2.75) is 25.3 Å². The first kappa shape index (κ1) is 18.3. The highest BCUT2D eigenvalue weighted by Crippen LogP contribution is 2.11. The summed E-state index contributed by atoms with van der Waals surface area (Å²) in [6, 6.07) is 8.97. The van der Waals surface area contributed by atoms with Gasteiger partial charge in [-0.3, -0.25) is 9.59 Å². The molecule has 2 amide bonds. The number of ether oxygens (including phenoxy) is 1. The molecule has 1 aliphatic rings. The second kappa shape index (κ2) is 8.68. The lowest BCUT2D eigenvalue weighted by Crippen LogP contribution is -2.42. The molecule has 2 rings (SSSR count). The predicted molar refractivity (Wildman–Crippen MR) is 89.4 cm³/mol. The van der Waals surface area contributed by atoms with E-state index in [1.807, 2.05) is 30.3 Å². The minimum absolute atomic E-state index is 0.0243. The summed E-state index contributed by atoms with van der Waals surface area (Å²) in [5.41, 5.74) is 0. The molecule has 1 fully saturated rings. The lowest BCUT2D eigenvalue weighted by Gasteiger charge is -2.11. The number of para-hydroxylation sites is 1. The molecule has 7 nitrogen and oxygen atoms in total. The monoisotopic (exact) mass is 354 g/mol. The van der Waals surface area contributed by atoms with E-state index in [1.165, 1.54) is 0 Å². The Balaban J connectivity index is 1.55. The van der Waals surface area contributed by atoms with Gasteiger partial charge in [0, 0.05) is 12.5 Å². The molecule has 8 heteroatoms. The van der Waals surface area contributed by atoms with E-state index < -0.39 is 9.84 Å². The number of benzene rings is 1. The maximum absolute atomic E-state index is 11.7. The van der Waals surface area contributed by atoms with Gasteiger partial charge in [-0.2, -0.15) is 0 Å². The van der Waals surface area contributed by atoms with Gasteiger partial charge in [0.25, 0.3) is 0 Å². The number of hydrogen-bond donors (Lipinski definition) is 2. The highest BCUT2D eigenvalue weighted by molar-refractivity contribution is 7.91. The second-order valence-electron chi connectivity index (χ2n) is 5.71. The van der Waals surface area contributed by atoms with Crippen LogP contribution >= 0.6 is 0 Å². The molecule has 1 saturated heterocycles. The van der Waals surface area contributed by atoms with Gasteiger partial charge in [-0.15, -0.1) is 0 Å². The summed E-state index contributed by atoms with van der Waals surface area (Å²) in [5.74, 6) is 0.227. The van der Waals surface area contributed by atoms with Crippen molar-refractivity contribution in [2.24, 2.45) is 0 Å². The Morgan fingerprint density at radius 1 is 1.17 bits per heavy atom. The Kier molecular flexibility index (Phi) is 6.60. The molecule has 1 aliphatic heterocycles. The van der Waals surface area contributed by atoms with Crippen LogP contribution in [0.15, 0.2) is 30.3 Å². The summed E-state index contributed by atoms with van der Waals surface area (Å²) in [4.78, 5) is 23.3. The van der Waals surface area contributed by atoms with Crippen LogP contribution in [-0.4, -0.2) is 50.9 Å². The van der Waals surface area contributed by atoms with Crippen molar-refractivity contribution < 1.29 is 22.7 Å². The second-order valence-corrected chi connectivity index (χ2v) is 7.94. The van der Waals surface area contributed by atoms with Gasteiger partial charge in [-0.25, -0.2) is 8.42 Å². The first-order valence-corrected chi connectivity index (χ1v) is 9.71. The van der Waals surface area contributed by atoms with Gasteiger partial charge in [0.1, 0.15) is 5.75 Å². The first-order chi connectivity index (χ1) is 11.4. The summed E-state index contributed by atoms with van der Waals surface area (Å²) in [6.07, 6.45) is 1.24. The van der Waals surface area contributed by atoms with Crippen LogP contribution < -0.4 is 15.4 Å². The topological polar surface area (TPSA) is 102 Å². The van der Waals surface area contributed by atoms with Gasteiger partial charge in [-0.05, 0) is 25.0 Å². The summed E-state index contributed by atoms with van der Waals surface area (Å²) < 4.78 is 28.1. The number of nitrogens with one attached hydrogen (secondary N) is 2. The molecule has 2 N–H and O–H groups in total. The van der Waals surface area contributed by atoms with Crippen LogP contribution in [0.4, 0.5) is 0 Å². The fourth-order valence-electron chi connectivity index (χ4n) is 2.39. The van der Waals surface area contributed by atoms with Crippen LogP contribution in [0.3, 0.4) is 0 Å². The van der Waals surface area contributed by atoms with Gasteiger partial charge >= 0.3 is 0 Å². The molecule has 24 heavy (non-hydrogen) atoms. The smallest absolute Gasteiger partial charge is 0.239 e. The summed E-state index contributed by atoms with van der Waals surface area (Å²) in [6.45, 7) is 0.276. The van der Waals surface area contributed by atoms with E-state index in [-0.39, 0.29) is 42.3 Å². The van der Waals surface area contributed by atoms with E-state index >= 15 is 0 Å². The van der Waals surface area contributed by atoms with Gasteiger partial charge in [0.05, 0.1) is 24.7 Å². The lowest BCUT2D eigenvalue weighted by molar-refractivity contribution is -0.126. The Morgan fingerprint density at radius 2 is 1.92 bits per heavy atom. The Hall–Kier alpha value is -2.09. The highest BCUT2D eigenvalue weighted by Gasteiger charge is 2.28. The summed E-state index contributed by atoms with van der Waals surface area (Å²) in [5, 5.41) is 5.14. The zero-order valence-corrected chi connectivity index (χ0v) is 14.2. The third-order valence-electron chi connectivity index (χ3n) is 3.60. The maximum atomic E-state index is 11.7. The number of amides is 2. The van der Waals surface area contributed by atoms with Crippen molar-refractivity contribution >= 4 is 21.7 Å². The molecular formula is C16H22N2O5S. The molecule has 132 valence electrons. The zero-order valence-electron chi connectivity index (χ0n) is 13.4. The van der Waals surface area contributed by atoms with Crippen LogP contribution in [0.1, 0.15) is 19.3 Å². The molecule has 1 aromatic carbocycles. The standard InChI is InChI=1S/C16H22N2O5S/c19-15(7-4-9-23-14-5-2-1-3-6-14)17-11-16(20)18-13-8-10-24(21,22)12-13/h1-3,5-6,13H,4,7-12H2,(H,17,19)(H,18,20). The fourth-order valence-corrected chi connectivity index (χ4v) is 4.07. The fraction of sp³-hybridized carbons (Fsp3) is 0.500.